The summed E-state index contributed by atoms with van der Waals surface area (Å²) in [4.78, 5) is 19.6. The third kappa shape index (κ3) is 2.03. The molecule has 1 N–H and O–H groups in total. The molecule has 0 aliphatic heterocycles. The molecule has 0 aliphatic rings. The van der Waals surface area contributed by atoms with Gasteiger partial charge < -0.3 is 4.52 Å². The molecule has 5 nitrogen and oxygen atoms in total. The lowest BCUT2D eigenvalue weighted by atomic mass is 10.0. The molecule has 0 bridgehead atoms. The van der Waals surface area contributed by atoms with Crippen molar-refractivity contribution in [3.8, 4) is 22.5 Å². The molecule has 0 saturated heterocycles. The quantitative estimate of drug-likeness (QED) is 0.764. The van der Waals surface area contributed by atoms with Crippen LogP contribution in [0.1, 0.15) is 0 Å². The van der Waals surface area contributed by atoms with Gasteiger partial charge in [-0.1, -0.05) is 12.1 Å². The second kappa shape index (κ2) is 4.49. The summed E-state index contributed by atoms with van der Waals surface area (Å²) in [6.45, 7) is 0. The summed E-state index contributed by atoms with van der Waals surface area (Å²) in [5, 5.41) is 2.53. The number of halogens is 1. The van der Waals surface area contributed by atoms with E-state index in [1.807, 2.05) is 0 Å². The van der Waals surface area contributed by atoms with E-state index in [0.29, 0.717) is 22.5 Å². The molecule has 0 fully saturated rings. The van der Waals surface area contributed by atoms with Crippen LogP contribution < -0.4 is 5.63 Å². The summed E-state index contributed by atoms with van der Waals surface area (Å²) in [7, 11) is 0. The minimum atomic E-state index is -0.528. The third-order valence-corrected chi connectivity index (χ3v) is 2.67. The van der Waals surface area contributed by atoms with Gasteiger partial charge in [-0.25, -0.2) is 24.3 Å². The number of aromatic nitrogens is 3. The van der Waals surface area contributed by atoms with Gasteiger partial charge in [-0.15, -0.1) is 0 Å². The molecule has 3 rings (SSSR count). The summed E-state index contributed by atoms with van der Waals surface area (Å²) >= 11 is 0. The van der Waals surface area contributed by atoms with Crippen LogP contribution in [0, 0.1) is 5.82 Å². The smallest absolute Gasteiger partial charge is 0.338 e. The standard InChI is InChI=1S/C13H8FN3O2/c14-9-3-1-8(2-4-9)11-12(17-19-13(11)18)10-5-6-15-7-16-10/h1-7,17H. The minimum Gasteiger partial charge on any atom is -0.338 e. The van der Waals surface area contributed by atoms with Crippen LogP contribution in [0.2, 0.25) is 0 Å². The Labute approximate surface area is 106 Å². The van der Waals surface area contributed by atoms with Gasteiger partial charge in [0, 0.05) is 6.20 Å². The van der Waals surface area contributed by atoms with Crippen molar-refractivity contribution in [3.63, 3.8) is 0 Å². The SMILES string of the molecule is O=c1o[nH]c(-c2ccncn2)c1-c1ccc(F)cc1. The van der Waals surface area contributed by atoms with Crippen molar-refractivity contribution < 1.29 is 8.91 Å². The number of benzene rings is 1. The zero-order chi connectivity index (χ0) is 13.2. The maximum absolute atomic E-state index is 12.9. The molecule has 1 aromatic carbocycles. The van der Waals surface area contributed by atoms with Crippen molar-refractivity contribution in [3.05, 3.63) is 59.1 Å². The van der Waals surface area contributed by atoms with Gasteiger partial charge in [-0.2, -0.15) is 0 Å². The summed E-state index contributed by atoms with van der Waals surface area (Å²) in [6, 6.07) is 7.24. The molecular formula is C13H8FN3O2. The predicted octanol–water partition coefficient (Wildman–Crippen LogP) is 2.23. The zero-order valence-electron chi connectivity index (χ0n) is 9.63. The molecule has 0 unspecified atom stereocenters. The Morgan fingerprint density at radius 1 is 1.16 bits per heavy atom. The fourth-order valence-electron chi connectivity index (χ4n) is 1.80. The topological polar surface area (TPSA) is 71.8 Å². The molecule has 0 spiro atoms. The van der Waals surface area contributed by atoms with E-state index in [-0.39, 0.29) is 5.82 Å². The Hall–Kier alpha value is -2.76. The van der Waals surface area contributed by atoms with Crippen molar-refractivity contribution >= 4 is 0 Å². The molecule has 0 radical (unpaired) electrons. The maximum atomic E-state index is 12.9. The van der Waals surface area contributed by atoms with Crippen LogP contribution in [0.4, 0.5) is 4.39 Å². The zero-order valence-corrected chi connectivity index (χ0v) is 9.63. The van der Waals surface area contributed by atoms with Crippen molar-refractivity contribution in [2.24, 2.45) is 0 Å². The Bertz CT molecular complexity index is 748. The van der Waals surface area contributed by atoms with E-state index in [1.165, 1.54) is 30.6 Å². The van der Waals surface area contributed by atoms with Gasteiger partial charge in [0.1, 0.15) is 17.8 Å². The molecule has 6 heteroatoms. The van der Waals surface area contributed by atoms with Crippen LogP contribution in [0.5, 0.6) is 0 Å². The van der Waals surface area contributed by atoms with Crippen molar-refractivity contribution in [1.29, 1.82) is 0 Å². The van der Waals surface area contributed by atoms with Crippen LogP contribution in [0.3, 0.4) is 0 Å². The van der Waals surface area contributed by atoms with Crippen molar-refractivity contribution in [2.75, 3.05) is 0 Å². The number of H-pyrrole nitrogens is 1. The Balaban J connectivity index is 2.19. The van der Waals surface area contributed by atoms with Crippen molar-refractivity contribution in [2.45, 2.75) is 0 Å². The highest BCUT2D eigenvalue weighted by molar-refractivity contribution is 5.77. The van der Waals surface area contributed by atoms with E-state index in [9.17, 15) is 9.18 Å². The third-order valence-electron chi connectivity index (χ3n) is 2.67. The summed E-state index contributed by atoms with van der Waals surface area (Å²) in [5.74, 6) is -0.368. The van der Waals surface area contributed by atoms with Gasteiger partial charge in [0.15, 0.2) is 0 Å². The first-order valence-corrected chi connectivity index (χ1v) is 5.49. The Morgan fingerprint density at radius 2 is 1.95 bits per heavy atom. The molecular weight excluding hydrogens is 249 g/mol. The number of aromatic amines is 1. The highest BCUT2D eigenvalue weighted by Gasteiger charge is 2.16. The first-order valence-electron chi connectivity index (χ1n) is 5.49. The van der Waals surface area contributed by atoms with E-state index >= 15 is 0 Å². The predicted molar refractivity (Wildman–Crippen MR) is 65.7 cm³/mol. The molecule has 94 valence electrons. The number of hydrogen-bond donors (Lipinski definition) is 1. The van der Waals surface area contributed by atoms with Crippen LogP contribution in [0.15, 0.2) is 52.2 Å². The van der Waals surface area contributed by atoms with E-state index in [2.05, 4.69) is 15.1 Å². The van der Waals surface area contributed by atoms with Gasteiger partial charge in [-0.05, 0) is 23.8 Å². The molecule has 0 atom stereocenters. The van der Waals surface area contributed by atoms with Gasteiger partial charge in [0.25, 0.3) is 0 Å². The fraction of sp³-hybridized carbons (Fsp3) is 0. The fourth-order valence-corrected chi connectivity index (χ4v) is 1.80. The van der Waals surface area contributed by atoms with Crippen LogP contribution in [0.25, 0.3) is 22.5 Å². The highest BCUT2D eigenvalue weighted by Crippen LogP contribution is 2.26. The first-order chi connectivity index (χ1) is 9.25. The lowest BCUT2D eigenvalue weighted by Gasteiger charge is -2.00. The molecule has 0 amide bonds. The molecule has 2 aromatic heterocycles. The van der Waals surface area contributed by atoms with Crippen LogP contribution in [-0.2, 0) is 0 Å². The second-order valence-corrected chi connectivity index (χ2v) is 3.84. The van der Waals surface area contributed by atoms with E-state index in [0.717, 1.165) is 0 Å². The van der Waals surface area contributed by atoms with E-state index in [1.54, 1.807) is 12.3 Å². The average Bonchev–Trinajstić information content (AvgIpc) is 2.83. The number of nitrogens with one attached hydrogen (secondary N) is 1. The van der Waals surface area contributed by atoms with Gasteiger partial charge in [0.05, 0.1) is 11.3 Å². The molecule has 3 aromatic rings. The largest absolute Gasteiger partial charge is 0.365 e. The van der Waals surface area contributed by atoms with Gasteiger partial charge in [0.2, 0.25) is 0 Å². The van der Waals surface area contributed by atoms with Gasteiger partial charge in [-0.3, -0.25) is 0 Å². The van der Waals surface area contributed by atoms with Crippen molar-refractivity contribution in [1.82, 2.24) is 15.1 Å². The molecule has 0 aliphatic carbocycles. The minimum absolute atomic E-state index is 0.318. The normalized spacial score (nSPS) is 10.6. The van der Waals surface area contributed by atoms with E-state index in [4.69, 9.17) is 4.52 Å². The van der Waals surface area contributed by atoms with E-state index < -0.39 is 5.63 Å². The van der Waals surface area contributed by atoms with Crippen LogP contribution in [-0.4, -0.2) is 15.1 Å². The lowest BCUT2D eigenvalue weighted by Crippen LogP contribution is -1.98. The monoisotopic (exact) mass is 257 g/mol. The highest BCUT2D eigenvalue weighted by atomic mass is 19.1. The Kier molecular flexibility index (Phi) is 2.68. The van der Waals surface area contributed by atoms with Gasteiger partial charge >= 0.3 is 5.63 Å². The summed E-state index contributed by atoms with van der Waals surface area (Å²) < 4.78 is 17.7. The molecule has 19 heavy (non-hydrogen) atoms. The number of hydrogen-bond acceptors (Lipinski definition) is 4. The van der Waals surface area contributed by atoms with Crippen LogP contribution >= 0.6 is 0 Å². The summed E-state index contributed by atoms with van der Waals surface area (Å²) in [5.41, 5.74) is 1.32. The molecule has 0 saturated carbocycles. The number of nitrogens with zero attached hydrogens (tertiary/aromatic N) is 2. The Morgan fingerprint density at radius 3 is 2.63 bits per heavy atom. The summed E-state index contributed by atoms with van der Waals surface area (Å²) in [6.07, 6.45) is 2.93. The molecule has 2 heterocycles. The first kappa shape index (κ1) is 11.3. The maximum Gasteiger partial charge on any atom is 0.365 e. The second-order valence-electron chi connectivity index (χ2n) is 3.84. The number of rotatable bonds is 2. The lowest BCUT2D eigenvalue weighted by molar-refractivity contribution is 0.394. The average molecular weight is 257 g/mol.